The molecule has 4 heteroatoms. The van der Waals surface area contributed by atoms with Gasteiger partial charge in [-0.15, -0.1) is 0 Å². The quantitative estimate of drug-likeness (QED) is 0.453. The van der Waals surface area contributed by atoms with Crippen molar-refractivity contribution in [3.63, 3.8) is 0 Å². The largest absolute Gasteiger partial charge is 0.351 e. The van der Waals surface area contributed by atoms with Crippen molar-refractivity contribution in [2.45, 2.75) is 18.6 Å². The highest BCUT2D eigenvalue weighted by Crippen LogP contribution is 2.16. The molecule has 0 heterocycles. The molecule has 0 aliphatic heterocycles. The maximum absolute atomic E-state index is 12.6. The van der Waals surface area contributed by atoms with Gasteiger partial charge in [-0.3, -0.25) is 4.79 Å². The molecule has 3 aromatic rings. The Morgan fingerprint density at radius 3 is 2.32 bits per heavy atom. The zero-order chi connectivity index (χ0) is 19.6. The Labute approximate surface area is 176 Å². The predicted octanol–water partition coefficient (Wildman–Crippen LogP) is 5.79. The Balaban J connectivity index is 1.45. The van der Waals surface area contributed by atoms with E-state index in [1.807, 2.05) is 54.6 Å². The molecule has 0 bridgehead atoms. The monoisotopic (exact) mass is 409 g/mol. The fraction of sp³-hybridized carbons (Fsp3) is 0.208. The number of amides is 1. The molecule has 0 saturated carbocycles. The van der Waals surface area contributed by atoms with Crippen molar-refractivity contribution in [1.82, 2.24) is 5.32 Å². The second-order valence-corrected chi connectivity index (χ2v) is 8.12. The number of aryl methyl sites for hydroxylation is 2. The number of hydrogen-bond donors (Lipinski definition) is 1. The van der Waals surface area contributed by atoms with Gasteiger partial charge in [-0.1, -0.05) is 72.3 Å². The Kier molecular flexibility index (Phi) is 8.01. The molecular weight excluding hydrogens is 386 g/mol. The first-order chi connectivity index (χ1) is 13.7. The number of thioether (sulfide) groups is 1. The predicted molar refractivity (Wildman–Crippen MR) is 120 cm³/mol. The van der Waals surface area contributed by atoms with E-state index in [0.717, 1.165) is 40.5 Å². The van der Waals surface area contributed by atoms with Crippen LogP contribution in [0.5, 0.6) is 0 Å². The smallest absolute Gasteiger partial charge is 0.251 e. The summed E-state index contributed by atoms with van der Waals surface area (Å²) >= 11 is 7.71. The summed E-state index contributed by atoms with van der Waals surface area (Å²) in [6.45, 7) is 0.657. The van der Waals surface area contributed by atoms with Crippen molar-refractivity contribution in [1.29, 1.82) is 0 Å². The fourth-order valence-corrected chi connectivity index (χ4v) is 3.93. The third-order valence-corrected chi connectivity index (χ3v) is 5.78. The second-order valence-electron chi connectivity index (χ2n) is 6.58. The zero-order valence-corrected chi connectivity index (χ0v) is 17.3. The zero-order valence-electron chi connectivity index (χ0n) is 15.7. The van der Waals surface area contributed by atoms with Crippen LogP contribution >= 0.6 is 23.4 Å². The normalized spacial score (nSPS) is 10.6. The Morgan fingerprint density at radius 1 is 0.821 bits per heavy atom. The van der Waals surface area contributed by atoms with Gasteiger partial charge in [0, 0.05) is 28.6 Å². The van der Waals surface area contributed by atoms with E-state index in [4.69, 9.17) is 11.6 Å². The standard InChI is InChI=1S/C24H24ClNOS/c25-22-14-11-20(12-15-22)18-28-17-16-26-24(27)23-9-5-4-8-21(23)13-10-19-6-2-1-3-7-19/h1-9,11-12,14-15H,10,13,16-18H2,(H,26,27). The maximum atomic E-state index is 12.6. The molecule has 0 fully saturated rings. The van der Waals surface area contributed by atoms with Gasteiger partial charge in [0.15, 0.2) is 0 Å². The minimum atomic E-state index is 0.00996. The van der Waals surface area contributed by atoms with Crippen molar-refractivity contribution in [2.24, 2.45) is 0 Å². The van der Waals surface area contributed by atoms with Crippen LogP contribution in [0.2, 0.25) is 5.02 Å². The third-order valence-electron chi connectivity index (χ3n) is 4.50. The van der Waals surface area contributed by atoms with Crippen LogP contribution in [0.1, 0.15) is 27.0 Å². The van der Waals surface area contributed by atoms with Crippen LogP contribution in [0.3, 0.4) is 0 Å². The van der Waals surface area contributed by atoms with Gasteiger partial charge in [0.05, 0.1) is 0 Å². The minimum absolute atomic E-state index is 0.00996. The van der Waals surface area contributed by atoms with E-state index in [0.29, 0.717) is 6.54 Å². The Morgan fingerprint density at radius 2 is 1.54 bits per heavy atom. The van der Waals surface area contributed by atoms with Crippen molar-refractivity contribution in [3.05, 3.63) is 106 Å². The second kappa shape index (κ2) is 10.9. The number of carbonyl (C=O) groups is 1. The average Bonchev–Trinajstić information content (AvgIpc) is 2.74. The molecule has 0 unspecified atom stereocenters. The van der Waals surface area contributed by atoms with E-state index >= 15 is 0 Å². The highest BCUT2D eigenvalue weighted by Gasteiger charge is 2.10. The first-order valence-electron chi connectivity index (χ1n) is 9.44. The maximum Gasteiger partial charge on any atom is 0.251 e. The lowest BCUT2D eigenvalue weighted by Gasteiger charge is -2.10. The van der Waals surface area contributed by atoms with Crippen LogP contribution in [0.15, 0.2) is 78.9 Å². The molecule has 0 aliphatic rings. The summed E-state index contributed by atoms with van der Waals surface area (Å²) in [7, 11) is 0. The lowest BCUT2D eigenvalue weighted by atomic mass is 9.99. The van der Waals surface area contributed by atoms with E-state index < -0.39 is 0 Å². The van der Waals surface area contributed by atoms with Crippen LogP contribution in [0.25, 0.3) is 0 Å². The number of benzene rings is 3. The molecule has 28 heavy (non-hydrogen) atoms. The summed E-state index contributed by atoms with van der Waals surface area (Å²) in [5.74, 6) is 1.80. The van der Waals surface area contributed by atoms with Crippen molar-refractivity contribution < 1.29 is 4.79 Å². The van der Waals surface area contributed by atoms with E-state index in [2.05, 4.69) is 29.6 Å². The molecule has 3 rings (SSSR count). The Hall–Kier alpha value is -2.23. The summed E-state index contributed by atoms with van der Waals surface area (Å²) in [5, 5.41) is 3.81. The van der Waals surface area contributed by atoms with Crippen molar-refractivity contribution >= 4 is 29.3 Å². The molecule has 3 aromatic carbocycles. The summed E-state index contributed by atoms with van der Waals surface area (Å²) in [6, 6.07) is 26.2. The van der Waals surface area contributed by atoms with Crippen LogP contribution < -0.4 is 5.32 Å². The van der Waals surface area contributed by atoms with E-state index in [1.165, 1.54) is 11.1 Å². The molecule has 144 valence electrons. The molecule has 0 aromatic heterocycles. The highest BCUT2D eigenvalue weighted by atomic mass is 35.5. The van der Waals surface area contributed by atoms with Gasteiger partial charge in [0.2, 0.25) is 0 Å². The van der Waals surface area contributed by atoms with E-state index in [-0.39, 0.29) is 5.91 Å². The molecule has 2 nitrogen and oxygen atoms in total. The molecule has 0 radical (unpaired) electrons. The van der Waals surface area contributed by atoms with Crippen LogP contribution in [-0.4, -0.2) is 18.2 Å². The number of nitrogens with one attached hydrogen (secondary N) is 1. The molecule has 0 saturated heterocycles. The first-order valence-corrected chi connectivity index (χ1v) is 11.0. The van der Waals surface area contributed by atoms with E-state index in [1.54, 1.807) is 11.8 Å². The van der Waals surface area contributed by atoms with Crippen LogP contribution in [0, 0.1) is 0 Å². The number of carbonyl (C=O) groups excluding carboxylic acids is 1. The third kappa shape index (κ3) is 6.43. The van der Waals surface area contributed by atoms with Crippen molar-refractivity contribution in [3.8, 4) is 0 Å². The van der Waals surface area contributed by atoms with Gasteiger partial charge in [-0.25, -0.2) is 0 Å². The molecule has 0 atom stereocenters. The molecule has 0 spiro atoms. The van der Waals surface area contributed by atoms with Gasteiger partial charge in [0.1, 0.15) is 0 Å². The first kappa shape index (κ1) is 20.5. The van der Waals surface area contributed by atoms with Crippen LogP contribution in [0.4, 0.5) is 0 Å². The average molecular weight is 410 g/mol. The number of hydrogen-bond acceptors (Lipinski definition) is 2. The number of rotatable bonds is 9. The Bertz CT molecular complexity index is 881. The molecule has 0 aliphatic carbocycles. The molecule has 1 amide bonds. The van der Waals surface area contributed by atoms with Crippen LogP contribution in [-0.2, 0) is 18.6 Å². The topological polar surface area (TPSA) is 29.1 Å². The molecular formula is C24H24ClNOS. The van der Waals surface area contributed by atoms with Gasteiger partial charge in [0.25, 0.3) is 5.91 Å². The SMILES string of the molecule is O=C(NCCSCc1ccc(Cl)cc1)c1ccccc1CCc1ccccc1. The van der Waals surface area contributed by atoms with Crippen molar-refractivity contribution in [2.75, 3.05) is 12.3 Å². The van der Waals surface area contributed by atoms with E-state index in [9.17, 15) is 4.79 Å². The molecule has 1 N–H and O–H groups in total. The summed E-state index contributed by atoms with van der Waals surface area (Å²) in [5.41, 5.74) is 4.40. The fourth-order valence-electron chi connectivity index (χ4n) is 2.99. The van der Waals surface area contributed by atoms with Gasteiger partial charge in [-0.2, -0.15) is 11.8 Å². The summed E-state index contributed by atoms with van der Waals surface area (Å²) < 4.78 is 0. The van der Waals surface area contributed by atoms with Gasteiger partial charge < -0.3 is 5.32 Å². The summed E-state index contributed by atoms with van der Waals surface area (Å²) in [6.07, 6.45) is 1.79. The van der Waals surface area contributed by atoms with Gasteiger partial charge in [-0.05, 0) is 47.7 Å². The lowest BCUT2D eigenvalue weighted by Crippen LogP contribution is -2.26. The lowest BCUT2D eigenvalue weighted by molar-refractivity contribution is 0.0955. The highest BCUT2D eigenvalue weighted by molar-refractivity contribution is 7.98. The minimum Gasteiger partial charge on any atom is -0.351 e. The summed E-state index contributed by atoms with van der Waals surface area (Å²) in [4.78, 5) is 12.6. The van der Waals surface area contributed by atoms with Gasteiger partial charge >= 0.3 is 0 Å². The number of halogens is 1.